The molecule has 1 amide bonds. The van der Waals surface area contributed by atoms with Gasteiger partial charge < -0.3 is 15.4 Å². The average molecular weight is 363 g/mol. The van der Waals surface area contributed by atoms with Crippen LogP contribution in [0, 0.1) is 0 Å². The van der Waals surface area contributed by atoms with Crippen molar-refractivity contribution in [2.75, 3.05) is 13.1 Å². The second kappa shape index (κ2) is 7.89. The molecule has 0 bridgehead atoms. The molecule has 1 saturated heterocycles. The number of amides is 1. The van der Waals surface area contributed by atoms with Gasteiger partial charge in [-0.3, -0.25) is 9.48 Å². The molecule has 25 heavy (non-hydrogen) atoms. The molecule has 1 aromatic heterocycles. The van der Waals surface area contributed by atoms with E-state index in [9.17, 15) is 4.79 Å². The third kappa shape index (κ3) is 4.52. The van der Waals surface area contributed by atoms with E-state index < -0.39 is 5.60 Å². The zero-order chi connectivity index (χ0) is 17.7. The Balaban J connectivity index is 1.70. The monoisotopic (exact) mass is 362 g/mol. The van der Waals surface area contributed by atoms with E-state index in [1.54, 1.807) is 35.1 Å². The molecule has 1 fully saturated rings. The quantitative estimate of drug-likeness (QED) is 0.827. The largest absolute Gasteiger partial charge is 0.477 e. The first kappa shape index (κ1) is 17.8. The second-order valence-electron chi connectivity index (χ2n) is 6.40. The molecule has 1 atom stereocenters. The summed E-state index contributed by atoms with van der Waals surface area (Å²) in [6, 6.07) is 8.95. The van der Waals surface area contributed by atoms with Crippen LogP contribution in [-0.2, 0) is 11.3 Å². The fraction of sp³-hybridized carbons (Fsp3) is 0.444. The van der Waals surface area contributed by atoms with Crippen molar-refractivity contribution in [2.45, 2.75) is 38.0 Å². The second-order valence-corrected chi connectivity index (χ2v) is 6.84. The van der Waals surface area contributed by atoms with Gasteiger partial charge in [0.1, 0.15) is 5.75 Å². The van der Waals surface area contributed by atoms with Crippen molar-refractivity contribution in [1.29, 1.82) is 0 Å². The van der Waals surface area contributed by atoms with Gasteiger partial charge in [-0.2, -0.15) is 5.10 Å². The normalized spacial score (nSPS) is 17.7. The van der Waals surface area contributed by atoms with Crippen molar-refractivity contribution in [3.63, 3.8) is 0 Å². The minimum Gasteiger partial charge on any atom is -0.477 e. The van der Waals surface area contributed by atoms with Gasteiger partial charge in [-0.15, -0.1) is 0 Å². The van der Waals surface area contributed by atoms with Crippen LogP contribution in [0.25, 0.3) is 0 Å². The molecule has 1 aliphatic heterocycles. The minimum atomic E-state index is -0.864. The lowest BCUT2D eigenvalue weighted by molar-refractivity contribution is -0.140. The van der Waals surface area contributed by atoms with Gasteiger partial charge in [0.05, 0.1) is 6.54 Å². The third-order valence-corrected chi connectivity index (χ3v) is 4.60. The number of nitrogens with one attached hydrogen (secondary N) is 2. The maximum Gasteiger partial charge on any atom is 0.264 e. The highest BCUT2D eigenvalue weighted by Crippen LogP contribution is 2.28. The van der Waals surface area contributed by atoms with Crippen molar-refractivity contribution in [3.8, 4) is 5.75 Å². The van der Waals surface area contributed by atoms with E-state index in [2.05, 4.69) is 15.7 Å². The minimum absolute atomic E-state index is 0.0482. The van der Waals surface area contributed by atoms with Crippen LogP contribution in [0.1, 0.15) is 19.8 Å². The fourth-order valence-electron chi connectivity index (χ4n) is 3.02. The number of hydrogen-bond acceptors (Lipinski definition) is 4. The standard InChI is InChI=1S/C18H23ClN4O2/c1-14(13-23-12-2-9-21-23)22-17(24)18(7-10-20-11-8-18)25-16-5-3-15(19)4-6-16/h2-6,9,12,14,20H,7-8,10-11,13H2,1H3,(H,22,24)/t14-/m0/s1. The molecule has 1 aliphatic rings. The van der Waals surface area contributed by atoms with Crippen LogP contribution in [0.2, 0.25) is 5.02 Å². The molecule has 0 unspecified atom stereocenters. The van der Waals surface area contributed by atoms with E-state index >= 15 is 0 Å². The van der Waals surface area contributed by atoms with Gasteiger partial charge in [0.25, 0.3) is 5.91 Å². The summed E-state index contributed by atoms with van der Waals surface area (Å²) in [6.07, 6.45) is 4.85. The van der Waals surface area contributed by atoms with Crippen LogP contribution in [-0.4, -0.2) is 40.4 Å². The summed E-state index contributed by atoms with van der Waals surface area (Å²) in [5.41, 5.74) is -0.864. The predicted molar refractivity (Wildman–Crippen MR) is 96.7 cm³/mol. The molecule has 2 heterocycles. The molecule has 0 saturated carbocycles. The number of nitrogens with zero attached hydrogens (tertiary/aromatic N) is 2. The summed E-state index contributed by atoms with van der Waals surface area (Å²) in [6.45, 7) is 4.08. The number of piperidine rings is 1. The molecule has 2 aromatic rings. The maximum atomic E-state index is 13.0. The van der Waals surface area contributed by atoms with Gasteiger partial charge in [0, 0.05) is 36.3 Å². The molecular weight excluding hydrogens is 340 g/mol. The summed E-state index contributed by atoms with van der Waals surface area (Å²) in [5.74, 6) is 0.574. The van der Waals surface area contributed by atoms with Gasteiger partial charge in [-0.25, -0.2) is 0 Å². The smallest absolute Gasteiger partial charge is 0.264 e. The van der Waals surface area contributed by atoms with Crippen LogP contribution in [0.5, 0.6) is 5.75 Å². The van der Waals surface area contributed by atoms with Crippen LogP contribution < -0.4 is 15.4 Å². The van der Waals surface area contributed by atoms with Crippen molar-refractivity contribution in [3.05, 3.63) is 47.7 Å². The van der Waals surface area contributed by atoms with Crippen LogP contribution in [0.15, 0.2) is 42.7 Å². The van der Waals surface area contributed by atoms with E-state index in [4.69, 9.17) is 16.3 Å². The molecule has 1 aromatic carbocycles. The Morgan fingerprint density at radius 3 is 2.76 bits per heavy atom. The molecule has 0 radical (unpaired) electrons. The zero-order valence-corrected chi connectivity index (χ0v) is 15.0. The van der Waals surface area contributed by atoms with Crippen molar-refractivity contribution in [2.24, 2.45) is 0 Å². The molecule has 0 aliphatic carbocycles. The highest BCUT2D eigenvalue weighted by Gasteiger charge is 2.42. The molecule has 0 spiro atoms. The van der Waals surface area contributed by atoms with Crippen molar-refractivity contribution in [1.82, 2.24) is 20.4 Å². The lowest BCUT2D eigenvalue weighted by atomic mass is 9.90. The number of benzene rings is 1. The average Bonchev–Trinajstić information content (AvgIpc) is 3.10. The molecular formula is C18H23ClN4O2. The Morgan fingerprint density at radius 2 is 2.12 bits per heavy atom. The summed E-state index contributed by atoms with van der Waals surface area (Å²) >= 11 is 5.94. The fourth-order valence-corrected chi connectivity index (χ4v) is 3.15. The number of aromatic nitrogens is 2. The maximum absolute atomic E-state index is 13.0. The van der Waals surface area contributed by atoms with E-state index in [1.165, 1.54) is 0 Å². The summed E-state index contributed by atoms with van der Waals surface area (Å²) < 4.78 is 7.97. The van der Waals surface area contributed by atoms with Crippen LogP contribution in [0.3, 0.4) is 0 Å². The van der Waals surface area contributed by atoms with Crippen LogP contribution >= 0.6 is 11.6 Å². The zero-order valence-electron chi connectivity index (χ0n) is 14.2. The first-order valence-corrected chi connectivity index (χ1v) is 8.89. The van der Waals surface area contributed by atoms with Gasteiger partial charge in [-0.1, -0.05) is 11.6 Å². The Hall–Kier alpha value is -2.05. The topological polar surface area (TPSA) is 68.2 Å². The lowest BCUT2D eigenvalue weighted by Crippen LogP contribution is -2.58. The van der Waals surface area contributed by atoms with Crippen molar-refractivity contribution < 1.29 is 9.53 Å². The highest BCUT2D eigenvalue weighted by molar-refractivity contribution is 6.30. The van der Waals surface area contributed by atoms with Gasteiger partial charge in [0.15, 0.2) is 5.60 Å². The Labute approximate surface area is 152 Å². The molecule has 3 rings (SSSR count). The summed E-state index contributed by atoms with van der Waals surface area (Å²) in [4.78, 5) is 13.0. The van der Waals surface area contributed by atoms with Gasteiger partial charge >= 0.3 is 0 Å². The van der Waals surface area contributed by atoms with Gasteiger partial charge in [0.2, 0.25) is 0 Å². The van der Waals surface area contributed by atoms with Gasteiger partial charge in [-0.05, 0) is 50.3 Å². The summed E-state index contributed by atoms with van der Waals surface area (Å²) in [5, 5.41) is 11.2. The molecule has 7 heteroatoms. The Bertz CT molecular complexity index is 682. The number of halogens is 1. The number of hydrogen-bond donors (Lipinski definition) is 2. The van der Waals surface area contributed by atoms with E-state index in [-0.39, 0.29) is 11.9 Å². The molecule has 2 N–H and O–H groups in total. The van der Waals surface area contributed by atoms with Crippen molar-refractivity contribution >= 4 is 17.5 Å². The number of carbonyl (C=O) groups is 1. The van der Waals surface area contributed by atoms with E-state index in [0.29, 0.717) is 30.2 Å². The van der Waals surface area contributed by atoms with E-state index in [1.807, 2.05) is 19.2 Å². The first-order valence-electron chi connectivity index (χ1n) is 8.51. The number of rotatable bonds is 6. The van der Waals surface area contributed by atoms with E-state index in [0.717, 1.165) is 13.1 Å². The Kier molecular flexibility index (Phi) is 5.60. The lowest BCUT2D eigenvalue weighted by Gasteiger charge is -2.37. The molecule has 134 valence electrons. The number of carbonyl (C=O) groups excluding carboxylic acids is 1. The van der Waals surface area contributed by atoms with Crippen LogP contribution in [0.4, 0.5) is 0 Å². The SMILES string of the molecule is C[C@@H](Cn1cccn1)NC(=O)C1(Oc2ccc(Cl)cc2)CCNCC1. The Morgan fingerprint density at radius 1 is 1.40 bits per heavy atom. The number of ether oxygens (including phenoxy) is 1. The summed E-state index contributed by atoms with van der Waals surface area (Å²) in [7, 11) is 0. The predicted octanol–water partition coefficient (Wildman–Crippen LogP) is 2.24. The molecule has 6 nitrogen and oxygen atoms in total. The highest BCUT2D eigenvalue weighted by atomic mass is 35.5. The third-order valence-electron chi connectivity index (χ3n) is 4.35. The first-order chi connectivity index (χ1) is 12.1.